The molecule has 0 bridgehead atoms. The molecule has 0 saturated carbocycles. The van der Waals surface area contributed by atoms with E-state index in [1.807, 2.05) is 48.5 Å². The van der Waals surface area contributed by atoms with E-state index in [2.05, 4.69) is 62.7 Å². The molecule has 164 valence electrons. The zero-order valence-electron chi connectivity index (χ0n) is 18.1. The minimum Gasteiger partial charge on any atom is -0.325 e. The van der Waals surface area contributed by atoms with Gasteiger partial charge in [0.05, 0.1) is 5.75 Å². The Kier molecular flexibility index (Phi) is 6.24. The largest absolute Gasteiger partial charge is 0.325 e. The Hall–Kier alpha value is -3.42. The van der Waals surface area contributed by atoms with Crippen LogP contribution in [0, 0.1) is 6.92 Å². The van der Waals surface area contributed by atoms with Crippen LogP contribution in [-0.2, 0) is 11.2 Å². The van der Waals surface area contributed by atoms with Crippen LogP contribution in [0.5, 0.6) is 0 Å². The molecule has 0 aliphatic heterocycles. The Morgan fingerprint density at radius 2 is 1.79 bits per heavy atom. The van der Waals surface area contributed by atoms with Crippen molar-refractivity contribution in [3.8, 4) is 5.69 Å². The fraction of sp³-hybridized carbons (Fsp3) is 0.115. The molecule has 33 heavy (non-hydrogen) atoms. The maximum Gasteiger partial charge on any atom is 0.234 e. The second-order valence-corrected chi connectivity index (χ2v) is 9.66. The van der Waals surface area contributed by atoms with Gasteiger partial charge in [0.2, 0.25) is 5.91 Å². The first-order valence-corrected chi connectivity index (χ1v) is 12.5. The normalized spacial score (nSPS) is 11.1. The van der Waals surface area contributed by atoms with Crippen molar-refractivity contribution in [2.45, 2.75) is 18.5 Å². The average Bonchev–Trinajstić information content (AvgIpc) is 3.49. The Balaban J connectivity index is 1.37. The molecule has 2 heterocycles. The van der Waals surface area contributed by atoms with Crippen LogP contribution >= 0.6 is 23.1 Å². The van der Waals surface area contributed by atoms with Gasteiger partial charge in [-0.05, 0) is 42.0 Å². The molecule has 0 fully saturated rings. The Labute approximate surface area is 200 Å². The van der Waals surface area contributed by atoms with E-state index in [9.17, 15) is 4.79 Å². The summed E-state index contributed by atoms with van der Waals surface area (Å²) in [6.45, 7) is 2.07. The van der Waals surface area contributed by atoms with Gasteiger partial charge in [-0.15, -0.1) is 21.5 Å². The number of rotatable bonds is 7. The van der Waals surface area contributed by atoms with Gasteiger partial charge < -0.3 is 5.32 Å². The lowest BCUT2D eigenvalue weighted by molar-refractivity contribution is -0.113. The van der Waals surface area contributed by atoms with E-state index in [4.69, 9.17) is 0 Å². The van der Waals surface area contributed by atoms with Crippen LogP contribution < -0.4 is 5.32 Å². The lowest BCUT2D eigenvalue weighted by Gasteiger charge is -2.11. The molecule has 0 aliphatic rings. The molecule has 1 amide bonds. The van der Waals surface area contributed by atoms with Crippen LogP contribution in [0.2, 0.25) is 0 Å². The van der Waals surface area contributed by atoms with Crippen LogP contribution in [0.25, 0.3) is 16.5 Å². The number of thiophene rings is 1. The van der Waals surface area contributed by atoms with Crippen molar-refractivity contribution < 1.29 is 4.79 Å². The number of aromatic nitrogens is 3. The molecule has 0 radical (unpaired) electrons. The minimum absolute atomic E-state index is 0.0744. The van der Waals surface area contributed by atoms with E-state index >= 15 is 0 Å². The molecule has 0 unspecified atom stereocenters. The number of hydrogen-bond acceptors (Lipinski definition) is 5. The molecule has 3 aromatic carbocycles. The highest BCUT2D eigenvalue weighted by Gasteiger charge is 2.17. The summed E-state index contributed by atoms with van der Waals surface area (Å²) in [6.07, 6.45) is 0.696. The molecule has 2 aromatic heterocycles. The highest BCUT2D eigenvalue weighted by molar-refractivity contribution is 7.99. The van der Waals surface area contributed by atoms with Crippen molar-refractivity contribution in [1.29, 1.82) is 0 Å². The molecule has 5 rings (SSSR count). The minimum atomic E-state index is -0.0744. The summed E-state index contributed by atoms with van der Waals surface area (Å²) in [4.78, 5) is 14.0. The number of anilines is 1. The number of amides is 1. The summed E-state index contributed by atoms with van der Waals surface area (Å²) >= 11 is 3.09. The zero-order chi connectivity index (χ0) is 22.6. The third-order valence-corrected chi connectivity index (χ3v) is 7.11. The summed E-state index contributed by atoms with van der Waals surface area (Å²) < 4.78 is 2.05. The smallest absolute Gasteiger partial charge is 0.234 e. The van der Waals surface area contributed by atoms with Crippen molar-refractivity contribution in [1.82, 2.24) is 14.8 Å². The monoisotopic (exact) mass is 470 g/mol. The Morgan fingerprint density at radius 1 is 0.970 bits per heavy atom. The number of nitrogens with zero attached hydrogens (tertiary/aromatic N) is 3. The van der Waals surface area contributed by atoms with Crippen molar-refractivity contribution in [3.05, 3.63) is 101 Å². The number of aryl methyl sites for hydroxylation is 1. The Bertz CT molecular complexity index is 1390. The summed E-state index contributed by atoms with van der Waals surface area (Å²) in [5.41, 5.74) is 3.00. The van der Waals surface area contributed by atoms with E-state index < -0.39 is 0 Å². The van der Waals surface area contributed by atoms with Gasteiger partial charge in [0.1, 0.15) is 5.82 Å². The lowest BCUT2D eigenvalue weighted by atomic mass is 10.1. The first-order chi connectivity index (χ1) is 16.2. The van der Waals surface area contributed by atoms with E-state index in [-0.39, 0.29) is 11.7 Å². The van der Waals surface area contributed by atoms with E-state index in [1.54, 1.807) is 11.3 Å². The van der Waals surface area contributed by atoms with Crippen LogP contribution in [0.4, 0.5) is 5.69 Å². The van der Waals surface area contributed by atoms with Gasteiger partial charge in [-0.25, -0.2) is 0 Å². The summed E-state index contributed by atoms with van der Waals surface area (Å²) in [7, 11) is 0. The fourth-order valence-corrected chi connectivity index (χ4v) is 5.15. The third-order valence-electron chi connectivity index (χ3n) is 5.30. The van der Waals surface area contributed by atoms with Crippen molar-refractivity contribution in [2.75, 3.05) is 11.1 Å². The standard InChI is InChI=1S/C26H22N4OS2/c1-18-11-13-20(14-12-18)30-24(16-21-8-5-15-32-21)28-29-26(30)33-17-25(31)27-23-10-4-7-19-6-2-3-9-22(19)23/h2-15H,16-17H2,1H3,(H,27,31). The van der Waals surface area contributed by atoms with Crippen molar-refractivity contribution in [3.63, 3.8) is 0 Å². The molecule has 5 aromatic rings. The van der Waals surface area contributed by atoms with Gasteiger partial charge >= 0.3 is 0 Å². The number of hydrogen-bond donors (Lipinski definition) is 1. The number of carbonyl (C=O) groups excluding carboxylic acids is 1. The lowest BCUT2D eigenvalue weighted by Crippen LogP contribution is -2.15. The van der Waals surface area contributed by atoms with Gasteiger partial charge in [0.25, 0.3) is 0 Å². The molecule has 0 atom stereocenters. The SMILES string of the molecule is Cc1ccc(-n2c(Cc3cccs3)nnc2SCC(=O)Nc2cccc3ccccc23)cc1. The summed E-state index contributed by atoms with van der Waals surface area (Å²) in [5, 5.41) is 16.8. The molecule has 7 heteroatoms. The molecule has 0 spiro atoms. The van der Waals surface area contributed by atoms with Gasteiger partial charge in [-0.2, -0.15) is 0 Å². The predicted molar refractivity (Wildman–Crippen MR) is 137 cm³/mol. The van der Waals surface area contributed by atoms with Crippen LogP contribution in [0.1, 0.15) is 16.3 Å². The number of fused-ring (bicyclic) bond motifs is 1. The van der Waals surface area contributed by atoms with Crippen LogP contribution in [-0.4, -0.2) is 26.4 Å². The van der Waals surface area contributed by atoms with Crippen LogP contribution in [0.15, 0.2) is 89.4 Å². The second kappa shape index (κ2) is 9.60. The van der Waals surface area contributed by atoms with Crippen molar-refractivity contribution >= 4 is 45.5 Å². The number of nitrogens with one attached hydrogen (secondary N) is 1. The first kappa shape index (κ1) is 21.4. The topological polar surface area (TPSA) is 59.8 Å². The molecule has 0 aliphatic carbocycles. The maximum absolute atomic E-state index is 12.8. The number of benzene rings is 3. The van der Waals surface area contributed by atoms with E-state index in [1.165, 1.54) is 22.2 Å². The predicted octanol–water partition coefficient (Wildman–Crippen LogP) is 6.11. The van der Waals surface area contributed by atoms with E-state index in [0.717, 1.165) is 28.0 Å². The maximum atomic E-state index is 12.8. The average molecular weight is 471 g/mol. The second-order valence-electron chi connectivity index (χ2n) is 7.69. The van der Waals surface area contributed by atoms with Gasteiger partial charge in [0, 0.05) is 28.1 Å². The number of thioether (sulfide) groups is 1. The molecule has 1 N–H and O–H groups in total. The molecular formula is C26H22N4OS2. The molecule has 5 nitrogen and oxygen atoms in total. The van der Waals surface area contributed by atoms with Gasteiger partial charge in [0.15, 0.2) is 5.16 Å². The summed E-state index contributed by atoms with van der Waals surface area (Å²) in [5.74, 6) is 1.03. The van der Waals surface area contributed by atoms with Crippen LogP contribution in [0.3, 0.4) is 0 Å². The third kappa shape index (κ3) is 4.84. The highest BCUT2D eigenvalue weighted by Crippen LogP contribution is 2.26. The fourth-order valence-electron chi connectivity index (χ4n) is 3.68. The molecular weight excluding hydrogens is 448 g/mol. The van der Waals surface area contributed by atoms with E-state index in [0.29, 0.717) is 11.6 Å². The van der Waals surface area contributed by atoms with Gasteiger partial charge in [-0.1, -0.05) is 71.9 Å². The Morgan fingerprint density at radius 3 is 2.61 bits per heavy atom. The first-order valence-electron chi connectivity index (χ1n) is 10.6. The highest BCUT2D eigenvalue weighted by atomic mass is 32.2. The number of carbonyl (C=O) groups is 1. The quantitative estimate of drug-likeness (QED) is 0.292. The van der Waals surface area contributed by atoms with Gasteiger partial charge in [-0.3, -0.25) is 9.36 Å². The molecule has 0 saturated heterocycles. The summed E-state index contributed by atoms with van der Waals surface area (Å²) in [6, 6.07) is 26.4. The van der Waals surface area contributed by atoms with Crippen molar-refractivity contribution in [2.24, 2.45) is 0 Å². The zero-order valence-corrected chi connectivity index (χ0v) is 19.7.